The van der Waals surface area contributed by atoms with E-state index in [4.69, 9.17) is 21.1 Å². The zero-order chi connectivity index (χ0) is 16.1. The minimum Gasteiger partial charge on any atom is -0.489 e. The van der Waals surface area contributed by atoms with Crippen LogP contribution in [0.1, 0.15) is 6.42 Å². The Morgan fingerprint density at radius 1 is 1.48 bits per heavy atom. The highest BCUT2D eigenvalue weighted by atomic mass is 79.9. The number of ether oxygens (including phenoxy) is 2. The van der Waals surface area contributed by atoms with Gasteiger partial charge in [0, 0.05) is 6.61 Å². The number of nitrogens with one attached hydrogen (secondary N) is 1. The van der Waals surface area contributed by atoms with Crippen LogP contribution >= 0.6 is 27.5 Å². The van der Waals surface area contributed by atoms with Gasteiger partial charge in [-0.2, -0.15) is 5.10 Å². The number of halogens is 3. The Balaban J connectivity index is 1.98. The van der Waals surface area contributed by atoms with Crippen LogP contribution in [0.2, 0.25) is 5.02 Å². The standard InChI is InChI=1S/C15H14BrClFN3O2/c1-2-7-6-23-14-9-13(12(18)10(16)11(14)17)19-20-15(9)21(7)8-3-4-22-5-8/h2,7-8H,1,3-6H2,(H,19,20)/t7-,8?/m0/s1. The normalized spacial score (nSPS) is 23.9. The van der Waals surface area contributed by atoms with E-state index in [1.165, 1.54) is 0 Å². The molecular weight excluding hydrogens is 389 g/mol. The van der Waals surface area contributed by atoms with Gasteiger partial charge in [-0.1, -0.05) is 17.7 Å². The van der Waals surface area contributed by atoms with Gasteiger partial charge in [0.2, 0.25) is 0 Å². The summed E-state index contributed by atoms with van der Waals surface area (Å²) >= 11 is 9.46. The van der Waals surface area contributed by atoms with Gasteiger partial charge in [-0.25, -0.2) is 4.39 Å². The Bertz CT molecular complexity index is 791. The first-order valence-electron chi connectivity index (χ1n) is 7.29. The van der Waals surface area contributed by atoms with Gasteiger partial charge in [-0.15, -0.1) is 6.58 Å². The van der Waals surface area contributed by atoms with Crippen LogP contribution in [0.25, 0.3) is 10.9 Å². The van der Waals surface area contributed by atoms with Crippen LogP contribution in [0.4, 0.5) is 10.2 Å². The molecule has 1 unspecified atom stereocenters. The Morgan fingerprint density at radius 2 is 2.30 bits per heavy atom. The summed E-state index contributed by atoms with van der Waals surface area (Å²) in [7, 11) is 0. The third-order valence-corrected chi connectivity index (χ3v) is 5.68. The first kappa shape index (κ1) is 15.2. The molecule has 23 heavy (non-hydrogen) atoms. The molecule has 0 aliphatic carbocycles. The van der Waals surface area contributed by atoms with Gasteiger partial charge in [0.25, 0.3) is 0 Å². The molecule has 0 bridgehead atoms. The van der Waals surface area contributed by atoms with Crippen molar-refractivity contribution in [2.24, 2.45) is 0 Å². The van der Waals surface area contributed by atoms with Crippen molar-refractivity contribution in [3.05, 3.63) is 28.0 Å². The molecule has 2 aliphatic heterocycles. The van der Waals surface area contributed by atoms with E-state index in [0.29, 0.717) is 36.8 Å². The number of aromatic nitrogens is 2. The minimum absolute atomic E-state index is 0.0986. The van der Waals surface area contributed by atoms with Crippen LogP contribution in [0.5, 0.6) is 5.75 Å². The summed E-state index contributed by atoms with van der Waals surface area (Å²) < 4.78 is 26.1. The molecule has 2 atom stereocenters. The highest BCUT2D eigenvalue weighted by Crippen LogP contribution is 2.47. The molecule has 0 saturated carbocycles. The molecular formula is C15H14BrClFN3O2. The zero-order valence-electron chi connectivity index (χ0n) is 12.1. The average molecular weight is 403 g/mol. The fraction of sp³-hybridized carbons (Fsp3) is 0.400. The van der Waals surface area contributed by atoms with Gasteiger partial charge in [-0.3, -0.25) is 5.10 Å². The van der Waals surface area contributed by atoms with E-state index in [2.05, 4.69) is 37.6 Å². The molecule has 122 valence electrons. The van der Waals surface area contributed by atoms with Crippen molar-refractivity contribution < 1.29 is 13.9 Å². The molecule has 1 N–H and O–H groups in total. The maximum absolute atomic E-state index is 14.5. The van der Waals surface area contributed by atoms with Crippen LogP contribution in [0, 0.1) is 5.82 Å². The van der Waals surface area contributed by atoms with E-state index in [0.717, 1.165) is 6.42 Å². The fourth-order valence-electron chi connectivity index (χ4n) is 3.22. The molecule has 8 heteroatoms. The van der Waals surface area contributed by atoms with Gasteiger partial charge in [0.05, 0.1) is 28.5 Å². The molecule has 2 aliphatic rings. The number of hydrogen-bond acceptors (Lipinski definition) is 4. The van der Waals surface area contributed by atoms with Crippen molar-refractivity contribution in [3.8, 4) is 5.75 Å². The number of benzene rings is 1. The molecule has 1 aromatic heterocycles. The predicted octanol–water partition coefficient (Wildman–Crippen LogP) is 3.66. The van der Waals surface area contributed by atoms with E-state index in [1.54, 1.807) is 0 Å². The second-order valence-electron chi connectivity index (χ2n) is 5.61. The third kappa shape index (κ3) is 2.17. The number of aromatic amines is 1. The van der Waals surface area contributed by atoms with Crippen molar-refractivity contribution in [2.45, 2.75) is 18.5 Å². The van der Waals surface area contributed by atoms with Gasteiger partial charge in [0.1, 0.15) is 17.1 Å². The van der Waals surface area contributed by atoms with Gasteiger partial charge >= 0.3 is 0 Å². The molecule has 0 amide bonds. The van der Waals surface area contributed by atoms with Gasteiger partial charge in [0.15, 0.2) is 17.4 Å². The highest BCUT2D eigenvalue weighted by molar-refractivity contribution is 9.10. The predicted molar refractivity (Wildman–Crippen MR) is 89.9 cm³/mol. The third-order valence-electron chi connectivity index (χ3n) is 4.35. The lowest BCUT2D eigenvalue weighted by Crippen LogP contribution is -2.45. The Hall–Kier alpha value is -1.31. The van der Waals surface area contributed by atoms with Crippen molar-refractivity contribution in [3.63, 3.8) is 0 Å². The molecule has 1 aromatic carbocycles. The van der Waals surface area contributed by atoms with Crippen molar-refractivity contribution >= 4 is 44.3 Å². The molecule has 2 aromatic rings. The summed E-state index contributed by atoms with van der Waals surface area (Å²) in [5.41, 5.74) is 0.278. The highest BCUT2D eigenvalue weighted by Gasteiger charge is 2.36. The topological polar surface area (TPSA) is 50.4 Å². The molecule has 0 spiro atoms. The summed E-state index contributed by atoms with van der Waals surface area (Å²) in [5.74, 6) is 0.587. The van der Waals surface area contributed by atoms with Crippen LogP contribution in [0.15, 0.2) is 17.1 Å². The number of H-pyrrole nitrogens is 1. The summed E-state index contributed by atoms with van der Waals surface area (Å²) in [5, 5.41) is 7.90. The lowest BCUT2D eigenvalue weighted by atomic mass is 10.1. The lowest BCUT2D eigenvalue weighted by molar-refractivity contribution is 0.191. The van der Waals surface area contributed by atoms with E-state index in [9.17, 15) is 4.39 Å². The fourth-order valence-corrected chi connectivity index (χ4v) is 3.83. The largest absolute Gasteiger partial charge is 0.489 e. The maximum Gasteiger partial charge on any atom is 0.164 e. The number of nitrogens with zero attached hydrogens (tertiary/aromatic N) is 2. The summed E-state index contributed by atoms with van der Waals surface area (Å²) in [6.45, 7) is 5.56. The first-order valence-corrected chi connectivity index (χ1v) is 8.46. The molecule has 4 rings (SSSR count). The summed E-state index contributed by atoms with van der Waals surface area (Å²) in [6, 6.07) is 0.0445. The Kier molecular flexibility index (Phi) is 3.74. The maximum atomic E-state index is 14.5. The van der Waals surface area contributed by atoms with Crippen LogP contribution in [-0.2, 0) is 4.74 Å². The van der Waals surface area contributed by atoms with Gasteiger partial charge < -0.3 is 14.4 Å². The molecule has 0 radical (unpaired) electrons. The SMILES string of the molecule is C=C[C@H]1COc2c(Cl)c(Br)c(F)c3[nH]nc(c23)N1C1CCOC1. The summed E-state index contributed by atoms with van der Waals surface area (Å²) in [6.07, 6.45) is 2.69. The van der Waals surface area contributed by atoms with Crippen LogP contribution in [-0.4, -0.2) is 42.1 Å². The Labute approximate surface area is 145 Å². The second kappa shape index (κ2) is 5.65. The molecule has 1 fully saturated rings. The van der Waals surface area contributed by atoms with E-state index in [-0.39, 0.29) is 27.1 Å². The van der Waals surface area contributed by atoms with Crippen molar-refractivity contribution in [1.29, 1.82) is 0 Å². The van der Waals surface area contributed by atoms with Gasteiger partial charge in [-0.05, 0) is 22.4 Å². The van der Waals surface area contributed by atoms with E-state index < -0.39 is 5.82 Å². The zero-order valence-corrected chi connectivity index (χ0v) is 14.5. The smallest absolute Gasteiger partial charge is 0.164 e. The van der Waals surface area contributed by atoms with Crippen LogP contribution < -0.4 is 9.64 Å². The minimum atomic E-state index is -0.476. The monoisotopic (exact) mass is 401 g/mol. The second-order valence-corrected chi connectivity index (χ2v) is 6.78. The quantitative estimate of drug-likeness (QED) is 0.615. The van der Waals surface area contributed by atoms with E-state index >= 15 is 0 Å². The lowest BCUT2D eigenvalue weighted by Gasteiger charge is -2.32. The number of rotatable bonds is 2. The molecule has 5 nitrogen and oxygen atoms in total. The van der Waals surface area contributed by atoms with Crippen LogP contribution in [0.3, 0.4) is 0 Å². The average Bonchev–Trinajstić information content (AvgIpc) is 3.19. The van der Waals surface area contributed by atoms with Crippen molar-refractivity contribution in [2.75, 3.05) is 24.7 Å². The first-order chi connectivity index (χ1) is 11.1. The Morgan fingerprint density at radius 3 is 3.00 bits per heavy atom. The van der Waals surface area contributed by atoms with Crippen molar-refractivity contribution in [1.82, 2.24) is 10.2 Å². The van der Waals surface area contributed by atoms with E-state index in [1.807, 2.05) is 6.08 Å². The molecule has 1 saturated heterocycles. The number of anilines is 1. The number of hydrogen-bond donors (Lipinski definition) is 1. The summed E-state index contributed by atoms with van der Waals surface area (Å²) in [4.78, 5) is 2.10. The molecule has 3 heterocycles.